The van der Waals surface area contributed by atoms with E-state index in [4.69, 9.17) is 11.1 Å². The van der Waals surface area contributed by atoms with Gasteiger partial charge in [0.15, 0.2) is 0 Å². The summed E-state index contributed by atoms with van der Waals surface area (Å²) in [6, 6.07) is 14.2. The molecule has 2 aromatic carbocycles. The minimum Gasteiger partial charge on any atom is -0.398 e. The number of rotatable bonds is 10. The highest BCUT2D eigenvalue weighted by atomic mass is 16.2. The molecule has 0 aliphatic carbocycles. The maximum atomic E-state index is 12.7. The van der Waals surface area contributed by atoms with Crippen molar-refractivity contribution in [1.82, 2.24) is 0 Å². The first-order valence-corrected chi connectivity index (χ1v) is 10.9. The summed E-state index contributed by atoms with van der Waals surface area (Å²) < 4.78 is 0. The first-order valence-electron chi connectivity index (χ1n) is 10.9. The molecule has 34 heavy (non-hydrogen) atoms. The Balaban J connectivity index is 2.04. The molecule has 0 bridgehead atoms. The van der Waals surface area contributed by atoms with Crippen molar-refractivity contribution >= 4 is 35.1 Å². The van der Waals surface area contributed by atoms with E-state index < -0.39 is 0 Å². The van der Waals surface area contributed by atoms with Crippen molar-refractivity contribution < 1.29 is 9.59 Å². The monoisotopic (exact) mass is 457 g/mol. The predicted octanol–water partition coefficient (Wildman–Crippen LogP) is 5.25. The molecule has 7 nitrogen and oxygen atoms in total. The van der Waals surface area contributed by atoms with Crippen molar-refractivity contribution in [2.45, 2.75) is 20.3 Å². The van der Waals surface area contributed by atoms with E-state index in [-0.39, 0.29) is 11.8 Å². The molecule has 0 aliphatic heterocycles. The summed E-state index contributed by atoms with van der Waals surface area (Å²) in [4.78, 5) is 25.2. The molecule has 0 aliphatic rings. The lowest BCUT2D eigenvalue weighted by Gasteiger charge is -2.09. The number of hydrogen-bond acceptors (Lipinski definition) is 5. The van der Waals surface area contributed by atoms with Gasteiger partial charge in [0.2, 0.25) is 0 Å². The molecule has 0 spiro atoms. The fraction of sp³-hybridized carbons (Fsp3) is 0.148. The van der Waals surface area contributed by atoms with Crippen LogP contribution in [0.1, 0.15) is 30.6 Å². The van der Waals surface area contributed by atoms with Crippen molar-refractivity contribution in [1.29, 1.82) is 5.41 Å². The average Bonchev–Trinajstić information content (AvgIpc) is 2.84. The van der Waals surface area contributed by atoms with Crippen LogP contribution in [0, 0.1) is 5.41 Å². The summed E-state index contributed by atoms with van der Waals surface area (Å²) in [6.07, 6.45) is 10.4. The largest absolute Gasteiger partial charge is 0.398 e. The molecule has 0 heterocycles. The Morgan fingerprint density at radius 3 is 2.29 bits per heavy atom. The zero-order valence-electron chi connectivity index (χ0n) is 19.7. The van der Waals surface area contributed by atoms with Crippen molar-refractivity contribution in [3.8, 4) is 0 Å². The molecular weight excluding hydrogens is 426 g/mol. The standard InChI is InChI=1S/C27H31N5O2/c1-4-7-20(9-5-8-19(2)25(29)16-17-28)26(33)31-22-12-14-23(15-13-22)32-27(34)21-10-6-11-24(18-21)30-3/h5-18,28,30H,4,29H2,1-3H3,(H,31,33)(H,32,34)/b9-5-,19-8+,20-7-,25-16-,28-17?. The number of amides is 2. The second-order valence-corrected chi connectivity index (χ2v) is 7.38. The summed E-state index contributed by atoms with van der Waals surface area (Å²) in [5.41, 5.74) is 10.3. The van der Waals surface area contributed by atoms with Gasteiger partial charge in [-0.15, -0.1) is 0 Å². The van der Waals surface area contributed by atoms with Crippen LogP contribution in [0.25, 0.3) is 0 Å². The lowest BCUT2D eigenvalue weighted by Crippen LogP contribution is -2.14. The Kier molecular flexibility index (Phi) is 10.1. The zero-order chi connectivity index (χ0) is 24.9. The summed E-state index contributed by atoms with van der Waals surface area (Å²) in [5.74, 6) is -0.459. The topological polar surface area (TPSA) is 120 Å². The van der Waals surface area contributed by atoms with E-state index in [0.29, 0.717) is 34.6 Å². The van der Waals surface area contributed by atoms with Crippen LogP contribution < -0.4 is 21.7 Å². The summed E-state index contributed by atoms with van der Waals surface area (Å²) >= 11 is 0. The van der Waals surface area contributed by atoms with Crippen molar-refractivity contribution in [3.63, 3.8) is 0 Å². The number of nitrogens with two attached hydrogens (primary N) is 1. The molecule has 0 unspecified atom stereocenters. The van der Waals surface area contributed by atoms with Crippen LogP contribution in [0.3, 0.4) is 0 Å². The molecule has 176 valence electrons. The minimum absolute atomic E-state index is 0.216. The molecule has 0 saturated heterocycles. The van der Waals surface area contributed by atoms with Gasteiger partial charge in [0, 0.05) is 47.2 Å². The molecule has 7 heteroatoms. The van der Waals surface area contributed by atoms with Gasteiger partial charge in [0.25, 0.3) is 11.8 Å². The van der Waals surface area contributed by atoms with Crippen LogP contribution in [0.5, 0.6) is 0 Å². The molecule has 0 saturated carbocycles. The van der Waals surface area contributed by atoms with Crippen LogP contribution in [0.15, 0.2) is 95.8 Å². The van der Waals surface area contributed by atoms with Crippen LogP contribution >= 0.6 is 0 Å². The van der Waals surface area contributed by atoms with Gasteiger partial charge in [0.05, 0.1) is 0 Å². The van der Waals surface area contributed by atoms with E-state index in [9.17, 15) is 9.59 Å². The number of anilines is 3. The van der Waals surface area contributed by atoms with Gasteiger partial charge >= 0.3 is 0 Å². The number of carbonyl (C=O) groups is 2. The quantitative estimate of drug-likeness (QED) is 0.190. The Morgan fingerprint density at radius 2 is 1.68 bits per heavy atom. The molecule has 0 radical (unpaired) electrons. The van der Waals surface area contributed by atoms with Gasteiger partial charge in [0.1, 0.15) is 0 Å². The Morgan fingerprint density at radius 1 is 1.00 bits per heavy atom. The lowest BCUT2D eigenvalue weighted by molar-refractivity contribution is -0.112. The van der Waals surface area contributed by atoms with Gasteiger partial charge in [-0.05, 0) is 73.5 Å². The minimum atomic E-state index is -0.243. The first kappa shape index (κ1) is 25.9. The normalized spacial score (nSPS) is 12.4. The first-order chi connectivity index (χ1) is 16.4. The fourth-order valence-electron chi connectivity index (χ4n) is 2.93. The predicted molar refractivity (Wildman–Crippen MR) is 141 cm³/mol. The molecule has 0 atom stereocenters. The van der Waals surface area contributed by atoms with Gasteiger partial charge in [-0.3, -0.25) is 9.59 Å². The SMILES string of the molecule is CC/C=C(/C=C\C=C(C)\C(N)=C\C=N)C(=O)Nc1ccc(NC(=O)c2cccc(NC)c2)cc1. The maximum Gasteiger partial charge on any atom is 0.255 e. The van der Waals surface area contributed by atoms with Gasteiger partial charge in [-0.2, -0.15) is 0 Å². The van der Waals surface area contributed by atoms with E-state index >= 15 is 0 Å². The van der Waals surface area contributed by atoms with Gasteiger partial charge in [-0.25, -0.2) is 0 Å². The zero-order valence-corrected chi connectivity index (χ0v) is 19.7. The van der Waals surface area contributed by atoms with Crippen molar-refractivity contribution in [2.75, 3.05) is 23.0 Å². The number of benzene rings is 2. The fourth-order valence-corrected chi connectivity index (χ4v) is 2.93. The summed E-state index contributed by atoms with van der Waals surface area (Å²) in [5, 5.41) is 15.8. The highest BCUT2D eigenvalue weighted by Gasteiger charge is 2.09. The van der Waals surface area contributed by atoms with E-state index in [1.54, 1.807) is 61.7 Å². The van der Waals surface area contributed by atoms with E-state index in [0.717, 1.165) is 17.5 Å². The van der Waals surface area contributed by atoms with Crippen LogP contribution in [0.2, 0.25) is 0 Å². The van der Waals surface area contributed by atoms with Crippen LogP contribution in [0.4, 0.5) is 17.1 Å². The third-order valence-electron chi connectivity index (χ3n) is 4.84. The van der Waals surface area contributed by atoms with Crippen molar-refractivity contribution in [2.24, 2.45) is 5.73 Å². The summed E-state index contributed by atoms with van der Waals surface area (Å²) in [7, 11) is 1.80. The number of allylic oxidation sites excluding steroid dienone is 5. The number of hydrogen-bond donors (Lipinski definition) is 5. The number of nitrogens with one attached hydrogen (secondary N) is 4. The lowest BCUT2D eigenvalue weighted by atomic mass is 10.1. The molecular formula is C27H31N5O2. The van der Waals surface area contributed by atoms with Gasteiger partial charge < -0.3 is 27.1 Å². The molecule has 2 rings (SSSR count). The Labute approximate surface area is 200 Å². The molecule has 0 aromatic heterocycles. The average molecular weight is 458 g/mol. The van der Waals surface area contributed by atoms with E-state index in [1.165, 1.54) is 6.08 Å². The van der Waals surface area contributed by atoms with Gasteiger partial charge in [-0.1, -0.05) is 31.2 Å². The van der Waals surface area contributed by atoms with E-state index in [1.807, 2.05) is 32.1 Å². The molecule has 6 N–H and O–H groups in total. The third-order valence-corrected chi connectivity index (χ3v) is 4.84. The highest BCUT2D eigenvalue weighted by molar-refractivity contribution is 6.06. The molecule has 0 fully saturated rings. The Bertz CT molecular complexity index is 1140. The molecule has 2 aromatic rings. The summed E-state index contributed by atoms with van der Waals surface area (Å²) in [6.45, 7) is 3.79. The van der Waals surface area contributed by atoms with Crippen molar-refractivity contribution in [3.05, 3.63) is 101 Å². The third kappa shape index (κ3) is 7.94. The van der Waals surface area contributed by atoms with Crippen LogP contribution in [-0.2, 0) is 4.79 Å². The second kappa shape index (κ2) is 13.2. The maximum absolute atomic E-state index is 12.7. The second-order valence-electron chi connectivity index (χ2n) is 7.38. The smallest absolute Gasteiger partial charge is 0.255 e. The van der Waals surface area contributed by atoms with E-state index in [2.05, 4.69) is 16.0 Å². The highest BCUT2D eigenvalue weighted by Crippen LogP contribution is 2.17. The molecule has 2 amide bonds. The number of carbonyl (C=O) groups excluding carboxylic acids is 2. The van der Waals surface area contributed by atoms with Crippen LogP contribution in [-0.4, -0.2) is 25.1 Å². The Hall–Kier alpha value is -4.39.